The minimum Gasteiger partial charge on any atom is -0.462 e. The molecule has 0 aliphatic carbocycles. The molecule has 0 aliphatic rings. The molecule has 2 rings (SSSR count). The van der Waals surface area contributed by atoms with Gasteiger partial charge < -0.3 is 10.1 Å². The molecule has 138 valence electrons. The first-order chi connectivity index (χ1) is 12.3. The van der Waals surface area contributed by atoms with E-state index in [0.717, 1.165) is 4.88 Å². The summed E-state index contributed by atoms with van der Waals surface area (Å²) in [6.07, 6.45) is 0. The number of nitrogens with zero attached hydrogens (tertiary/aromatic N) is 1. The number of ether oxygens (including phenoxy) is 1. The maximum absolute atomic E-state index is 12.5. The maximum Gasteiger partial charge on any atom is 0.341 e. The van der Waals surface area contributed by atoms with E-state index in [-0.39, 0.29) is 29.7 Å². The number of thiophene rings is 1. The van der Waals surface area contributed by atoms with E-state index in [4.69, 9.17) is 4.74 Å². The highest BCUT2D eigenvalue weighted by Crippen LogP contribution is 2.41. The summed E-state index contributed by atoms with van der Waals surface area (Å²) >= 11 is 1.28. The summed E-state index contributed by atoms with van der Waals surface area (Å²) in [5, 5.41) is 14.1. The van der Waals surface area contributed by atoms with Crippen LogP contribution in [-0.4, -0.2) is 23.4 Å². The lowest BCUT2D eigenvalue weighted by Crippen LogP contribution is -2.19. The van der Waals surface area contributed by atoms with E-state index in [2.05, 4.69) is 5.32 Å². The van der Waals surface area contributed by atoms with Crippen LogP contribution in [0.4, 0.5) is 10.7 Å². The molecule has 1 N–H and O–H groups in total. The van der Waals surface area contributed by atoms with Crippen LogP contribution >= 0.6 is 11.3 Å². The highest BCUT2D eigenvalue weighted by atomic mass is 32.1. The first kappa shape index (κ1) is 19.6. The van der Waals surface area contributed by atoms with Crippen molar-refractivity contribution in [2.75, 3.05) is 11.9 Å². The molecule has 8 heteroatoms. The Balaban J connectivity index is 2.56. The third kappa shape index (κ3) is 4.08. The summed E-state index contributed by atoms with van der Waals surface area (Å²) in [5.41, 5.74) is 1.50. The van der Waals surface area contributed by atoms with Gasteiger partial charge in [-0.25, -0.2) is 4.79 Å². The van der Waals surface area contributed by atoms with E-state index >= 15 is 0 Å². The number of nitro groups is 1. The smallest absolute Gasteiger partial charge is 0.341 e. The van der Waals surface area contributed by atoms with E-state index in [0.29, 0.717) is 16.1 Å². The van der Waals surface area contributed by atoms with Crippen LogP contribution in [0, 0.1) is 23.0 Å². The molecule has 0 bridgehead atoms. The fraction of sp³-hybridized carbons (Fsp3) is 0.333. The maximum atomic E-state index is 12.5. The Hall–Kier alpha value is -2.74. The number of carbonyl (C=O) groups is 2. The molecule has 26 heavy (non-hydrogen) atoms. The van der Waals surface area contributed by atoms with Gasteiger partial charge in [-0.05, 0) is 31.5 Å². The van der Waals surface area contributed by atoms with Crippen molar-refractivity contribution in [3.05, 3.63) is 44.8 Å². The van der Waals surface area contributed by atoms with E-state index in [1.165, 1.54) is 23.5 Å². The Morgan fingerprint density at radius 3 is 2.38 bits per heavy atom. The fourth-order valence-corrected chi connectivity index (χ4v) is 3.45. The van der Waals surface area contributed by atoms with Crippen molar-refractivity contribution in [1.82, 2.24) is 0 Å². The summed E-state index contributed by atoms with van der Waals surface area (Å²) < 4.78 is 5.16. The number of esters is 1. The number of hydrogen-bond donors (Lipinski definition) is 1. The fourth-order valence-electron chi connectivity index (χ4n) is 2.38. The number of anilines is 1. The predicted octanol–water partition coefficient (Wildman–Crippen LogP) is 4.40. The first-order valence-corrected chi connectivity index (χ1v) is 8.94. The van der Waals surface area contributed by atoms with Crippen molar-refractivity contribution in [2.45, 2.75) is 27.7 Å². The lowest BCUT2D eigenvalue weighted by Gasteiger charge is -2.10. The SMILES string of the molecule is CCOC(=O)c1c(NC(=O)C(C)C)sc(C)c1-c1ccc([N+](=O)[O-])cc1. The number of benzene rings is 1. The number of non-ortho nitro benzene ring substituents is 1. The summed E-state index contributed by atoms with van der Waals surface area (Å²) in [6, 6.07) is 5.94. The van der Waals surface area contributed by atoms with Gasteiger partial charge in [-0.1, -0.05) is 13.8 Å². The number of hydrogen-bond acceptors (Lipinski definition) is 6. The second-order valence-corrected chi connectivity index (χ2v) is 7.13. The van der Waals surface area contributed by atoms with Crippen LogP contribution in [0.2, 0.25) is 0 Å². The van der Waals surface area contributed by atoms with Crippen LogP contribution in [0.1, 0.15) is 36.0 Å². The Morgan fingerprint density at radius 1 is 1.27 bits per heavy atom. The highest BCUT2D eigenvalue weighted by molar-refractivity contribution is 7.17. The van der Waals surface area contributed by atoms with Crippen molar-refractivity contribution < 1.29 is 19.2 Å². The number of nitro benzene ring substituents is 1. The Kier molecular flexibility index (Phi) is 6.10. The van der Waals surface area contributed by atoms with Gasteiger partial charge in [0.25, 0.3) is 5.69 Å². The topological polar surface area (TPSA) is 98.5 Å². The number of aryl methyl sites for hydroxylation is 1. The molecule has 1 aromatic heterocycles. The van der Waals surface area contributed by atoms with Crippen molar-refractivity contribution in [1.29, 1.82) is 0 Å². The molecule has 0 saturated heterocycles. The molecule has 0 radical (unpaired) electrons. The van der Waals surface area contributed by atoms with Crippen molar-refractivity contribution in [3.8, 4) is 11.1 Å². The number of rotatable bonds is 6. The molecule has 7 nitrogen and oxygen atoms in total. The zero-order chi connectivity index (χ0) is 19.4. The van der Waals surface area contributed by atoms with Gasteiger partial charge in [0.1, 0.15) is 10.6 Å². The molecule has 1 heterocycles. The molecular weight excluding hydrogens is 356 g/mol. The number of amides is 1. The Labute approximate surface area is 155 Å². The van der Waals surface area contributed by atoms with Gasteiger partial charge in [0.15, 0.2) is 0 Å². The van der Waals surface area contributed by atoms with E-state index in [1.807, 2.05) is 6.92 Å². The molecule has 0 unspecified atom stereocenters. The molecule has 0 saturated carbocycles. The lowest BCUT2D eigenvalue weighted by molar-refractivity contribution is -0.384. The van der Waals surface area contributed by atoms with E-state index in [1.54, 1.807) is 32.9 Å². The van der Waals surface area contributed by atoms with Gasteiger partial charge in [-0.2, -0.15) is 0 Å². The van der Waals surface area contributed by atoms with Gasteiger partial charge in [0, 0.05) is 28.5 Å². The van der Waals surface area contributed by atoms with Crippen LogP contribution in [0.25, 0.3) is 11.1 Å². The van der Waals surface area contributed by atoms with Crippen molar-refractivity contribution >= 4 is 33.9 Å². The predicted molar refractivity (Wildman–Crippen MR) is 101 cm³/mol. The standard InChI is InChI=1S/C18H20N2O5S/c1-5-25-18(22)15-14(12-6-8-13(9-7-12)20(23)24)11(4)26-17(15)19-16(21)10(2)3/h6-10H,5H2,1-4H3,(H,19,21). The Morgan fingerprint density at radius 2 is 1.88 bits per heavy atom. The van der Waals surface area contributed by atoms with Crippen molar-refractivity contribution in [2.24, 2.45) is 5.92 Å². The minimum absolute atomic E-state index is 0.0346. The van der Waals surface area contributed by atoms with Gasteiger partial charge >= 0.3 is 5.97 Å². The summed E-state index contributed by atoms with van der Waals surface area (Å²) in [6.45, 7) is 7.25. The quantitative estimate of drug-likeness (QED) is 0.457. The van der Waals surface area contributed by atoms with Crippen LogP contribution in [-0.2, 0) is 9.53 Å². The zero-order valence-electron chi connectivity index (χ0n) is 15.0. The first-order valence-electron chi connectivity index (χ1n) is 8.12. The molecule has 2 aromatic rings. The largest absolute Gasteiger partial charge is 0.462 e. The third-order valence-corrected chi connectivity index (χ3v) is 4.71. The molecule has 0 spiro atoms. The molecular formula is C18H20N2O5S. The number of carbonyl (C=O) groups excluding carboxylic acids is 2. The second kappa shape index (κ2) is 8.09. The average Bonchev–Trinajstić information content (AvgIpc) is 2.91. The normalized spacial score (nSPS) is 10.7. The van der Waals surface area contributed by atoms with Crippen LogP contribution in [0.15, 0.2) is 24.3 Å². The lowest BCUT2D eigenvalue weighted by atomic mass is 10.0. The van der Waals surface area contributed by atoms with Crippen LogP contribution in [0.3, 0.4) is 0 Å². The van der Waals surface area contributed by atoms with Crippen LogP contribution < -0.4 is 5.32 Å². The van der Waals surface area contributed by atoms with Gasteiger partial charge in [-0.15, -0.1) is 11.3 Å². The van der Waals surface area contributed by atoms with Gasteiger partial charge in [0.2, 0.25) is 5.91 Å². The number of nitrogens with one attached hydrogen (secondary N) is 1. The van der Waals surface area contributed by atoms with Gasteiger partial charge in [0.05, 0.1) is 11.5 Å². The molecule has 0 fully saturated rings. The summed E-state index contributed by atoms with van der Waals surface area (Å²) in [4.78, 5) is 35.8. The third-order valence-electron chi connectivity index (χ3n) is 3.69. The van der Waals surface area contributed by atoms with E-state index in [9.17, 15) is 19.7 Å². The summed E-state index contributed by atoms with van der Waals surface area (Å²) in [5.74, 6) is -0.980. The Bertz CT molecular complexity index is 840. The van der Waals surface area contributed by atoms with E-state index < -0.39 is 10.9 Å². The average molecular weight is 376 g/mol. The molecule has 0 aliphatic heterocycles. The zero-order valence-corrected chi connectivity index (χ0v) is 15.8. The van der Waals surface area contributed by atoms with Gasteiger partial charge in [-0.3, -0.25) is 14.9 Å². The van der Waals surface area contributed by atoms with Crippen molar-refractivity contribution in [3.63, 3.8) is 0 Å². The highest BCUT2D eigenvalue weighted by Gasteiger charge is 2.26. The molecule has 1 amide bonds. The minimum atomic E-state index is -0.538. The second-order valence-electron chi connectivity index (χ2n) is 5.91. The molecule has 0 atom stereocenters. The summed E-state index contributed by atoms with van der Waals surface area (Å²) in [7, 11) is 0. The van der Waals surface area contributed by atoms with Crippen LogP contribution in [0.5, 0.6) is 0 Å². The monoisotopic (exact) mass is 376 g/mol. The molecule has 1 aromatic carbocycles.